The minimum Gasteiger partial charge on any atom is -0.366 e. The molecule has 0 bridgehead atoms. The van der Waals surface area contributed by atoms with Crippen molar-refractivity contribution in [1.82, 2.24) is 14.8 Å². The number of hydrogen-bond acceptors (Lipinski definition) is 6. The van der Waals surface area contributed by atoms with E-state index in [0.29, 0.717) is 28.6 Å². The van der Waals surface area contributed by atoms with Crippen LogP contribution in [0.3, 0.4) is 0 Å². The van der Waals surface area contributed by atoms with E-state index in [1.807, 2.05) is 31.2 Å². The summed E-state index contributed by atoms with van der Waals surface area (Å²) >= 11 is 0. The van der Waals surface area contributed by atoms with Crippen molar-refractivity contribution in [3.8, 4) is 11.4 Å². The van der Waals surface area contributed by atoms with Gasteiger partial charge < -0.3 is 11.1 Å². The Bertz CT molecular complexity index is 1160. The fourth-order valence-electron chi connectivity index (χ4n) is 3.49. The number of nitro benzene ring substituents is 1. The first kappa shape index (κ1) is 18.4. The van der Waals surface area contributed by atoms with Crippen LogP contribution in [0.5, 0.6) is 0 Å². The molecule has 1 unspecified atom stereocenters. The molecule has 0 saturated carbocycles. The van der Waals surface area contributed by atoms with Crippen LogP contribution in [0.1, 0.15) is 24.1 Å². The molecule has 2 aromatic carbocycles. The topological polar surface area (TPSA) is 129 Å². The third-order valence-corrected chi connectivity index (χ3v) is 4.92. The van der Waals surface area contributed by atoms with Gasteiger partial charge in [-0.15, -0.1) is 5.10 Å². The Hall–Kier alpha value is -4.01. The second kappa shape index (κ2) is 6.86. The Morgan fingerprint density at radius 2 is 1.86 bits per heavy atom. The smallest absolute Gasteiger partial charge is 0.269 e. The van der Waals surface area contributed by atoms with Crippen molar-refractivity contribution in [1.29, 1.82) is 0 Å². The molecule has 9 heteroatoms. The van der Waals surface area contributed by atoms with Crippen molar-refractivity contribution >= 4 is 17.5 Å². The second-order valence-electron chi connectivity index (χ2n) is 6.80. The number of primary amides is 1. The zero-order valence-corrected chi connectivity index (χ0v) is 15.8. The molecular formula is C20H18N6O3. The van der Waals surface area contributed by atoms with E-state index in [4.69, 9.17) is 5.73 Å². The van der Waals surface area contributed by atoms with Crippen LogP contribution in [0.15, 0.2) is 59.8 Å². The molecule has 3 aromatic rings. The van der Waals surface area contributed by atoms with E-state index >= 15 is 0 Å². The van der Waals surface area contributed by atoms with E-state index in [0.717, 1.165) is 11.1 Å². The number of benzene rings is 2. The summed E-state index contributed by atoms with van der Waals surface area (Å²) < 4.78 is 1.59. The molecule has 146 valence electrons. The van der Waals surface area contributed by atoms with Gasteiger partial charge in [-0.1, -0.05) is 24.3 Å². The van der Waals surface area contributed by atoms with Crippen LogP contribution in [0.4, 0.5) is 11.6 Å². The van der Waals surface area contributed by atoms with Crippen molar-refractivity contribution in [2.24, 2.45) is 5.73 Å². The average Bonchev–Trinajstić information content (AvgIpc) is 3.10. The highest BCUT2D eigenvalue weighted by atomic mass is 16.6. The van der Waals surface area contributed by atoms with Crippen molar-refractivity contribution in [3.63, 3.8) is 0 Å². The molecule has 0 spiro atoms. The first-order valence-electron chi connectivity index (χ1n) is 8.91. The maximum Gasteiger partial charge on any atom is 0.269 e. The molecule has 9 nitrogen and oxygen atoms in total. The number of fused-ring (bicyclic) bond motifs is 1. The van der Waals surface area contributed by atoms with Gasteiger partial charge in [0.2, 0.25) is 11.9 Å². The largest absolute Gasteiger partial charge is 0.366 e. The molecule has 0 saturated heterocycles. The minimum absolute atomic E-state index is 0.0385. The van der Waals surface area contributed by atoms with Gasteiger partial charge in [-0.3, -0.25) is 14.9 Å². The molecule has 4 rings (SSSR count). The summed E-state index contributed by atoms with van der Waals surface area (Å²) in [5, 5.41) is 18.7. The van der Waals surface area contributed by atoms with Crippen molar-refractivity contribution < 1.29 is 9.72 Å². The van der Waals surface area contributed by atoms with Crippen molar-refractivity contribution in [2.45, 2.75) is 19.9 Å². The Morgan fingerprint density at radius 3 is 2.48 bits per heavy atom. The molecule has 1 aliphatic heterocycles. The fraction of sp³-hybridized carbons (Fsp3) is 0.150. The molecule has 2 heterocycles. The molecule has 29 heavy (non-hydrogen) atoms. The molecule has 3 N–H and O–H groups in total. The van der Waals surface area contributed by atoms with E-state index in [1.54, 1.807) is 23.7 Å². The van der Waals surface area contributed by atoms with E-state index < -0.39 is 16.9 Å². The van der Waals surface area contributed by atoms with Crippen molar-refractivity contribution in [2.75, 3.05) is 5.32 Å². The van der Waals surface area contributed by atoms with Gasteiger partial charge in [0.25, 0.3) is 5.69 Å². The first-order valence-corrected chi connectivity index (χ1v) is 8.91. The van der Waals surface area contributed by atoms with Crippen LogP contribution < -0.4 is 11.1 Å². The van der Waals surface area contributed by atoms with Gasteiger partial charge in [0, 0.05) is 23.4 Å². The summed E-state index contributed by atoms with van der Waals surface area (Å²) in [5.74, 6) is 0.377. The van der Waals surface area contributed by atoms with Crippen LogP contribution in [0.25, 0.3) is 11.4 Å². The molecule has 0 aliphatic carbocycles. The zero-order chi connectivity index (χ0) is 20.7. The lowest BCUT2D eigenvalue weighted by Gasteiger charge is -2.27. The number of anilines is 1. The number of allylic oxidation sites excluding steroid dienone is 1. The summed E-state index contributed by atoms with van der Waals surface area (Å²) in [6, 6.07) is 13.1. The Kier molecular flexibility index (Phi) is 4.34. The molecular weight excluding hydrogens is 372 g/mol. The fourth-order valence-corrected chi connectivity index (χ4v) is 3.49. The average molecular weight is 390 g/mol. The zero-order valence-electron chi connectivity index (χ0n) is 15.8. The van der Waals surface area contributed by atoms with E-state index in [2.05, 4.69) is 15.4 Å². The van der Waals surface area contributed by atoms with Crippen LogP contribution in [0.2, 0.25) is 0 Å². The first-order chi connectivity index (χ1) is 13.9. The van der Waals surface area contributed by atoms with Crippen molar-refractivity contribution in [3.05, 3.63) is 81.0 Å². The molecule has 1 aliphatic rings. The van der Waals surface area contributed by atoms with Crippen LogP contribution in [-0.2, 0) is 4.79 Å². The van der Waals surface area contributed by atoms with E-state index in [1.165, 1.54) is 12.1 Å². The van der Waals surface area contributed by atoms with Gasteiger partial charge in [-0.25, -0.2) is 4.68 Å². The number of hydrogen-bond donors (Lipinski definition) is 2. The SMILES string of the molecule is CC1=C(C(N)=O)C(c2ccc([N+](=O)[O-])cc2)n2nc(-c3ccccc3C)nc2N1. The normalized spacial score (nSPS) is 15.6. The summed E-state index contributed by atoms with van der Waals surface area (Å²) in [6.45, 7) is 3.71. The standard InChI is InChI=1S/C20H18N6O3/c1-11-5-3-4-6-15(11)19-23-20-22-12(2)16(18(21)27)17(25(20)24-19)13-7-9-14(10-8-13)26(28)29/h3-10,17H,1-2H3,(H2,21,27)(H,22,23,24). The number of nitrogens with one attached hydrogen (secondary N) is 1. The van der Waals surface area contributed by atoms with E-state index in [-0.39, 0.29) is 5.69 Å². The highest BCUT2D eigenvalue weighted by Crippen LogP contribution is 2.36. The lowest BCUT2D eigenvalue weighted by Crippen LogP contribution is -2.31. The number of amides is 1. The van der Waals surface area contributed by atoms with Gasteiger partial charge in [0.1, 0.15) is 6.04 Å². The number of nitrogens with two attached hydrogens (primary N) is 1. The minimum atomic E-state index is -0.644. The highest BCUT2D eigenvalue weighted by Gasteiger charge is 2.33. The molecule has 1 atom stereocenters. The van der Waals surface area contributed by atoms with Gasteiger partial charge >= 0.3 is 0 Å². The number of rotatable bonds is 4. The van der Waals surface area contributed by atoms with Gasteiger partial charge in [-0.05, 0) is 37.1 Å². The number of carbonyl (C=O) groups excluding carboxylic acids is 1. The highest BCUT2D eigenvalue weighted by molar-refractivity contribution is 5.95. The Morgan fingerprint density at radius 1 is 1.17 bits per heavy atom. The molecule has 0 fully saturated rings. The molecule has 1 amide bonds. The predicted octanol–water partition coefficient (Wildman–Crippen LogP) is 2.94. The molecule has 1 aromatic heterocycles. The van der Waals surface area contributed by atoms with Crippen LogP contribution in [0, 0.1) is 17.0 Å². The van der Waals surface area contributed by atoms with Gasteiger partial charge in [0.15, 0.2) is 5.82 Å². The van der Waals surface area contributed by atoms with Crippen LogP contribution >= 0.6 is 0 Å². The second-order valence-corrected chi connectivity index (χ2v) is 6.80. The predicted molar refractivity (Wildman–Crippen MR) is 107 cm³/mol. The van der Waals surface area contributed by atoms with Gasteiger partial charge in [0.05, 0.1) is 10.5 Å². The third-order valence-electron chi connectivity index (χ3n) is 4.92. The lowest BCUT2D eigenvalue weighted by atomic mass is 9.95. The Balaban J connectivity index is 1.87. The van der Waals surface area contributed by atoms with Gasteiger partial charge in [-0.2, -0.15) is 4.98 Å². The lowest BCUT2D eigenvalue weighted by molar-refractivity contribution is -0.384. The summed E-state index contributed by atoms with van der Waals surface area (Å²) in [6.07, 6.45) is 0. The third kappa shape index (κ3) is 3.12. The Labute approximate surface area is 166 Å². The van der Waals surface area contributed by atoms with E-state index in [9.17, 15) is 14.9 Å². The quantitative estimate of drug-likeness (QED) is 0.520. The summed E-state index contributed by atoms with van der Waals surface area (Å²) in [4.78, 5) is 27.3. The number of aromatic nitrogens is 3. The number of nitro groups is 1. The summed E-state index contributed by atoms with van der Waals surface area (Å²) in [7, 11) is 0. The number of non-ortho nitro benzene ring substituents is 1. The van der Waals surface area contributed by atoms with Crippen LogP contribution in [-0.4, -0.2) is 25.6 Å². The molecule has 0 radical (unpaired) electrons. The number of carbonyl (C=O) groups is 1. The maximum absolute atomic E-state index is 12.2. The monoisotopic (exact) mass is 390 g/mol. The number of nitrogens with zero attached hydrogens (tertiary/aromatic N) is 4. The summed E-state index contributed by atoms with van der Waals surface area (Å²) in [5.41, 5.74) is 9.04. The number of aryl methyl sites for hydroxylation is 1. The maximum atomic E-state index is 12.2.